The molecule has 220 valence electrons. The number of rotatable bonds is 28. The van der Waals surface area contributed by atoms with E-state index in [1.54, 1.807) is 4.90 Å². The van der Waals surface area contributed by atoms with Gasteiger partial charge in [-0.2, -0.15) is 0 Å². The average molecular weight is 524 g/mol. The smallest absolute Gasteiger partial charge is 0.222 e. The van der Waals surface area contributed by atoms with E-state index in [4.69, 9.17) is 0 Å². The molecule has 2 unspecified atom stereocenters. The molecule has 0 aromatic carbocycles. The summed E-state index contributed by atoms with van der Waals surface area (Å²) >= 11 is 0. The van der Waals surface area contributed by atoms with Crippen LogP contribution in [0.1, 0.15) is 162 Å². The molecule has 0 saturated carbocycles. The van der Waals surface area contributed by atoms with Crippen LogP contribution >= 0.6 is 0 Å². The third-order valence-electron chi connectivity index (χ3n) is 7.69. The van der Waals surface area contributed by atoms with E-state index in [1.165, 1.54) is 109 Å². The van der Waals surface area contributed by atoms with Gasteiger partial charge in [0.1, 0.15) is 0 Å². The first-order valence-electron chi connectivity index (χ1n) is 16.3. The minimum absolute atomic E-state index is 0.146. The Morgan fingerprint density at radius 3 is 1.70 bits per heavy atom. The quantitative estimate of drug-likeness (QED) is 0.0794. The molecule has 0 aliphatic heterocycles. The van der Waals surface area contributed by atoms with Gasteiger partial charge in [0.15, 0.2) is 0 Å². The average Bonchev–Trinajstić information content (AvgIpc) is 2.90. The maximum Gasteiger partial charge on any atom is 0.222 e. The number of carbonyl (C=O) groups is 1. The molecule has 2 atom stereocenters. The van der Waals surface area contributed by atoms with Crippen LogP contribution in [0.2, 0.25) is 0 Å². The van der Waals surface area contributed by atoms with Crippen molar-refractivity contribution in [2.45, 2.75) is 168 Å². The third-order valence-corrected chi connectivity index (χ3v) is 7.69. The van der Waals surface area contributed by atoms with Crippen LogP contribution in [0.3, 0.4) is 0 Å². The van der Waals surface area contributed by atoms with Crippen LogP contribution in [0.15, 0.2) is 12.2 Å². The lowest BCUT2D eigenvalue weighted by molar-refractivity contribution is -0.134. The Morgan fingerprint density at radius 1 is 0.703 bits per heavy atom. The van der Waals surface area contributed by atoms with Crippen molar-refractivity contribution < 1.29 is 15.0 Å². The highest BCUT2D eigenvalue weighted by Gasteiger charge is 2.20. The summed E-state index contributed by atoms with van der Waals surface area (Å²) in [5, 5.41) is 19.2. The van der Waals surface area contributed by atoms with Gasteiger partial charge >= 0.3 is 0 Å². The fourth-order valence-corrected chi connectivity index (χ4v) is 5.04. The second-order valence-corrected chi connectivity index (χ2v) is 11.3. The third kappa shape index (κ3) is 23.9. The van der Waals surface area contributed by atoms with Gasteiger partial charge in [0.2, 0.25) is 5.91 Å². The summed E-state index contributed by atoms with van der Waals surface area (Å²) in [5.74, 6) is 0.578. The van der Waals surface area contributed by atoms with Gasteiger partial charge in [0.05, 0.1) is 12.7 Å². The molecule has 0 spiro atoms. The van der Waals surface area contributed by atoms with Gasteiger partial charge in [-0.15, -0.1) is 0 Å². The number of allylic oxidation sites excluding steroid dienone is 2. The summed E-state index contributed by atoms with van der Waals surface area (Å²) in [6.45, 7) is 7.32. The first kappa shape index (κ1) is 36.1. The largest absolute Gasteiger partial charge is 0.394 e. The maximum atomic E-state index is 12.9. The minimum Gasteiger partial charge on any atom is -0.394 e. The molecule has 0 rings (SSSR count). The summed E-state index contributed by atoms with van der Waals surface area (Å²) in [6.07, 6.45) is 31.0. The maximum absolute atomic E-state index is 12.9. The number of aliphatic hydroxyl groups excluding tert-OH is 2. The van der Waals surface area contributed by atoms with E-state index in [0.717, 1.165) is 25.7 Å². The molecule has 0 radical (unpaired) electrons. The lowest BCUT2D eigenvalue weighted by Crippen LogP contribution is -2.40. The van der Waals surface area contributed by atoms with Crippen molar-refractivity contribution in [3.05, 3.63) is 12.2 Å². The highest BCUT2D eigenvalue weighted by Crippen LogP contribution is 2.19. The van der Waals surface area contributed by atoms with Gasteiger partial charge < -0.3 is 15.1 Å². The lowest BCUT2D eigenvalue weighted by atomic mass is 9.94. The molecule has 0 aromatic rings. The van der Waals surface area contributed by atoms with Gasteiger partial charge in [-0.1, -0.05) is 129 Å². The van der Waals surface area contributed by atoms with Gasteiger partial charge in [-0.3, -0.25) is 4.79 Å². The monoisotopic (exact) mass is 523 g/mol. The van der Waals surface area contributed by atoms with Crippen molar-refractivity contribution in [3.63, 3.8) is 0 Å². The number of hydrogen-bond donors (Lipinski definition) is 2. The van der Waals surface area contributed by atoms with Crippen molar-refractivity contribution in [3.8, 4) is 0 Å². The SMILES string of the molecule is CCCCCCCCCCCC=CCCCCCCCN(CC(O)CO)C(=O)CC(CC)CCCCC. The molecular weight excluding hydrogens is 458 g/mol. The zero-order valence-electron chi connectivity index (χ0n) is 25.2. The first-order valence-corrected chi connectivity index (χ1v) is 16.3. The van der Waals surface area contributed by atoms with E-state index >= 15 is 0 Å². The van der Waals surface area contributed by atoms with Crippen LogP contribution < -0.4 is 0 Å². The van der Waals surface area contributed by atoms with Crippen LogP contribution in [-0.4, -0.2) is 46.8 Å². The van der Waals surface area contributed by atoms with E-state index in [9.17, 15) is 15.0 Å². The summed E-state index contributed by atoms with van der Waals surface area (Å²) < 4.78 is 0. The Morgan fingerprint density at radius 2 is 1.19 bits per heavy atom. The fourth-order valence-electron chi connectivity index (χ4n) is 5.04. The molecular formula is C33H65NO3. The predicted molar refractivity (Wildman–Crippen MR) is 161 cm³/mol. The van der Waals surface area contributed by atoms with Crippen LogP contribution in [-0.2, 0) is 4.79 Å². The molecule has 0 bridgehead atoms. The number of aliphatic hydroxyl groups is 2. The Balaban J connectivity index is 3.90. The summed E-state index contributed by atoms with van der Waals surface area (Å²) in [5.41, 5.74) is 0. The number of amides is 1. The molecule has 0 aromatic heterocycles. The second-order valence-electron chi connectivity index (χ2n) is 11.3. The molecule has 0 saturated heterocycles. The van der Waals surface area contributed by atoms with Gasteiger partial charge in [-0.05, 0) is 44.4 Å². The molecule has 0 fully saturated rings. The topological polar surface area (TPSA) is 60.8 Å². The molecule has 4 heteroatoms. The molecule has 37 heavy (non-hydrogen) atoms. The molecule has 4 nitrogen and oxygen atoms in total. The number of nitrogens with zero attached hydrogens (tertiary/aromatic N) is 1. The highest BCUT2D eigenvalue weighted by atomic mass is 16.3. The summed E-state index contributed by atoms with van der Waals surface area (Å²) in [6, 6.07) is 0. The van der Waals surface area contributed by atoms with Crippen LogP contribution in [0, 0.1) is 5.92 Å². The molecule has 1 amide bonds. The van der Waals surface area contributed by atoms with Crippen molar-refractivity contribution in [2.24, 2.45) is 5.92 Å². The summed E-state index contributed by atoms with van der Waals surface area (Å²) in [4.78, 5) is 14.7. The zero-order chi connectivity index (χ0) is 27.4. The van der Waals surface area contributed by atoms with Gasteiger partial charge in [-0.25, -0.2) is 0 Å². The van der Waals surface area contributed by atoms with Crippen LogP contribution in [0.5, 0.6) is 0 Å². The van der Waals surface area contributed by atoms with E-state index < -0.39 is 6.10 Å². The Bertz CT molecular complexity index is 508. The molecule has 2 N–H and O–H groups in total. The van der Waals surface area contributed by atoms with E-state index in [-0.39, 0.29) is 19.1 Å². The highest BCUT2D eigenvalue weighted by molar-refractivity contribution is 5.76. The van der Waals surface area contributed by atoms with Gasteiger partial charge in [0, 0.05) is 19.5 Å². The second kappa shape index (κ2) is 28.1. The minimum atomic E-state index is -0.841. The molecule has 0 aliphatic rings. The standard InChI is InChI=1S/C33H65NO3/c1-4-7-9-10-11-12-13-14-15-16-17-18-19-20-21-22-23-25-27-34(29-32(36)30-35)33(37)28-31(6-3)26-24-8-5-2/h17-18,31-32,35-36H,4-16,19-30H2,1-3H3. The number of carbonyl (C=O) groups excluding carboxylic acids is 1. The van der Waals surface area contributed by atoms with E-state index in [2.05, 4.69) is 32.9 Å². The Kier molecular flexibility index (Phi) is 27.5. The normalized spacial score (nSPS) is 13.3. The van der Waals surface area contributed by atoms with Crippen molar-refractivity contribution in [2.75, 3.05) is 19.7 Å². The number of unbranched alkanes of at least 4 members (excludes halogenated alkanes) is 16. The number of hydrogen-bond acceptors (Lipinski definition) is 3. The predicted octanol–water partition coefficient (Wildman–Crippen LogP) is 8.98. The summed E-state index contributed by atoms with van der Waals surface area (Å²) in [7, 11) is 0. The van der Waals surface area contributed by atoms with E-state index in [1.807, 2.05) is 0 Å². The van der Waals surface area contributed by atoms with Crippen molar-refractivity contribution in [1.82, 2.24) is 4.90 Å². The first-order chi connectivity index (χ1) is 18.1. The fraction of sp³-hybridized carbons (Fsp3) is 0.909. The van der Waals surface area contributed by atoms with Gasteiger partial charge in [0.25, 0.3) is 0 Å². The van der Waals surface area contributed by atoms with Crippen molar-refractivity contribution >= 4 is 5.91 Å². The van der Waals surface area contributed by atoms with E-state index in [0.29, 0.717) is 18.9 Å². The Hall–Kier alpha value is -0.870. The molecule has 0 heterocycles. The zero-order valence-corrected chi connectivity index (χ0v) is 25.2. The molecule has 0 aliphatic carbocycles. The van der Waals surface area contributed by atoms with Crippen molar-refractivity contribution in [1.29, 1.82) is 0 Å². The van der Waals surface area contributed by atoms with Crippen LogP contribution in [0.25, 0.3) is 0 Å². The lowest BCUT2D eigenvalue weighted by Gasteiger charge is -2.27. The van der Waals surface area contributed by atoms with Crippen LogP contribution in [0.4, 0.5) is 0 Å². The Labute approximate surface area is 231 Å².